The fourth-order valence-corrected chi connectivity index (χ4v) is 4.43. The number of rotatable bonds is 4. The van der Waals surface area contributed by atoms with Crippen molar-refractivity contribution in [3.05, 3.63) is 65.4 Å². The molecule has 1 saturated carbocycles. The minimum Gasteiger partial charge on any atom is -0.379 e. The van der Waals surface area contributed by atoms with Crippen molar-refractivity contribution in [1.82, 2.24) is 14.9 Å². The Morgan fingerprint density at radius 2 is 2.10 bits per heavy atom. The first-order valence-electron chi connectivity index (χ1n) is 9.94. The van der Waals surface area contributed by atoms with Crippen LogP contribution >= 0.6 is 0 Å². The van der Waals surface area contributed by atoms with E-state index in [0.717, 1.165) is 37.1 Å². The van der Waals surface area contributed by atoms with E-state index >= 15 is 0 Å². The van der Waals surface area contributed by atoms with E-state index in [0.29, 0.717) is 11.3 Å². The maximum atomic E-state index is 13.5. The highest BCUT2D eigenvalue weighted by atomic mass is 19.2. The number of ketones is 1. The second-order valence-corrected chi connectivity index (χ2v) is 7.96. The lowest BCUT2D eigenvalue weighted by Crippen LogP contribution is -2.32. The van der Waals surface area contributed by atoms with Crippen LogP contribution in [0.5, 0.6) is 0 Å². The molecule has 7 heteroatoms. The number of aryl methyl sites for hydroxylation is 1. The van der Waals surface area contributed by atoms with Gasteiger partial charge < -0.3 is 14.6 Å². The summed E-state index contributed by atoms with van der Waals surface area (Å²) in [5.74, 6) is -1.56. The highest BCUT2D eigenvalue weighted by Crippen LogP contribution is 2.36. The first kappa shape index (κ1) is 19.8. The zero-order chi connectivity index (χ0) is 20.5. The molecular weight excluding hydrogens is 376 g/mol. The SMILES string of the molecule is COC1CC(/C=C2/N[C@H](c3ccc(F)c(F)c3)CC2=O)CCC1n1cnc(C)c1. The molecule has 2 fully saturated rings. The first-order valence-corrected chi connectivity index (χ1v) is 9.94. The third-order valence-corrected chi connectivity index (χ3v) is 5.98. The lowest BCUT2D eigenvalue weighted by atomic mass is 9.83. The van der Waals surface area contributed by atoms with Crippen molar-refractivity contribution in [3.63, 3.8) is 0 Å². The summed E-state index contributed by atoms with van der Waals surface area (Å²) < 4.78 is 34.6. The van der Waals surface area contributed by atoms with Gasteiger partial charge in [-0.3, -0.25) is 4.79 Å². The molecular formula is C22H25F2N3O2. The van der Waals surface area contributed by atoms with Gasteiger partial charge in [-0.1, -0.05) is 12.1 Å². The summed E-state index contributed by atoms with van der Waals surface area (Å²) in [4.78, 5) is 16.8. The van der Waals surface area contributed by atoms with Crippen molar-refractivity contribution in [2.45, 2.75) is 50.8 Å². The van der Waals surface area contributed by atoms with Gasteiger partial charge in [-0.15, -0.1) is 0 Å². The van der Waals surface area contributed by atoms with Gasteiger partial charge >= 0.3 is 0 Å². The second kappa shape index (κ2) is 8.06. The molecule has 2 heterocycles. The number of carbonyl (C=O) groups excluding carboxylic acids is 1. The number of ether oxygens (including phenoxy) is 1. The average molecular weight is 401 g/mol. The Kier molecular flexibility index (Phi) is 5.50. The molecule has 1 N–H and O–H groups in total. The monoisotopic (exact) mass is 401 g/mol. The van der Waals surface area contributed by atoms with Gasteiger partial charge in [0.1, 0.15) is 0 Å². The molecule has 1 aromatic carbocycles. The Hall–Kier alpha value is -2.54. The van der Waals surface area contributed by atoms with Crippen molar-refractivity contribution in [2.24, 2.45) is 5.92 Å². The van der Waals surface area contributed by atoms with Gasteiger partial charge in [-0.25, -0.2) is 13.8 Å². The third kappa shape index (κ3) is 4.10. The molecule has 3 unspecified atom stereocenters. The number of benzene rings is 1. The molecule has 2 aromatic rings. The van der Waals surface area contributed by atoms with Gasteiger partial charge in [0.25, 0.3) is 0 Å². The van der Waals surface area contributed by atoms with Gasteiger partial charge in [0.15, 0.2) is 17.4 Å². The minimum atomic E-state index is -0.898. The zero-order valence-electron chi connectivity index (χ0n) is 16.6. The number of allylic oxidation sites excluding steroid dienone is 2. The van der Waals surface area contributed by atoms with Crippen molar-refractivity contribution >= 4 is 5.78 Å². The van der Waals surface area contributed by atoms with E-state index in [1.807, 2.05) is 25.5 Å². The quantitative estimate of drug-likeness (QED) is 0.787. The second-order valence-electron chi connectivity index (χ2n) is 7.96. The Labute approximate surface area is 168 Å². The van der Waals surface area contributed by atoms with E-state index in [-0.39, 0.29) is 36.3 Å². The molecule has 1 aliphatic carbocycles. The van der Waals surface area contributed by atoms with Crippen LogP contribution in [0.25, 0.3) is 0 Å². The van der Waals surface area contributed by atoms with E-state index in [4.69, 9.17) is 4.74 Å². The van der Waals surface area contributed by atoms with Crippen molar-refractivity contribution in [2.75, 3.05) is 7.11 Å². The lowest BCUT2D eigenvalue weighted by molar-refractivity contribution is -0.114. The summed E-state index contributed by atoms with van der Waals surface area (Å²) in [7, 11) is 1.72. The molecule has 1 aliphatic heterocycles. The van der Waals surface area contributed by atoms with Crippen molar-refractivity contribution < 1.29 is 18.3 Å². The Balaban J connectivity index is 1.45. The standard InChI is InChI=1S/C22H25F2N3O2/c1-13-11-27(12-25-13)20-6-3-14(8-22(20)29-2)7-19-21(28)10-18(26-19)15-4-5-16(23)17(24)9-15/h4-5,7,9,11-12,14,18,20,22,26H,3,6,8,10H2,1-2H3/b19-7+/t14?,18-,20?,22?/m0/s1. The number of nitrogens with zero attached hydrogens (tertiary/aromatic N) is 2. The van der Waals surface area contributed by atoms with Crippen LogP contribution in [0.15, 0.2) is 42.5 Å². The van der Waals surface area contributed by atoms with E-state index in [9.17, 15) is 13.6 Å². The number of halogens is 2. The summed E-state index contributed by atoms with van der Waals surface area (Å²) in [5, 5.41) is 3.20. The summed E-state index contributed by atoms with van der Waals surface area (Å²) in [6, 6.07) is 3.68. The molecule has 4 atom stereocenters. The van der Waals surface area contributed by atoms with Crippen LogP contribution in [0, 0.1) is 24.5 Å². The van der Waals surface area contributed by atoms with Crippen LogP contribution in [-0.4, -0.2) is 28.5 Å². The Bertz CT molecular complexity index is 940. The van der Waals surface area contributed by atoms with Gasteiger partial charge in [-0.05, 0) is 49.8 Å². The molecule has 1 saturated heterocycles. The Morgan fingerprint density at radius 3 is 2.79 bits per heavy atom. The average Bonchev–Trinajstić information content (AvgIpc) is 3.30. The number of carbonyl (C=O) groups is 1. The topological polar surface area (TPSA) is 56.1 Å². The molecule has 1 aromatic heterocycles. The summed E-state index contributed by atoms with van der Waals surface area (Å²) in [6.45, 7) is 1.97. The van der Waals surface area contributed by atoms with E-state index < -0.39 is 11.6 Å². The number of hydrogen-bond acceptors (Lipinski definition) is 4. The largest absolute Gasteiger partial charge is 0.379 e. The predicted molar refractivity (Wildman–Crippen MR) is 104 cm³/mol. The number of Topliss-reactive ketones (excluding diaryl/α,β-unsaturated/α-hetero) is 1. The smallest absolute Gasteiger partial charge is 0.180 e. The van der Waals surface area contributed by atoms with E-state index in [1.54, 1.807) is 7.11 Å². The maximum Gasteiger partial charge on any atom is 0.180 e. The number of imidazole rings is 1. The fraction of sp³-hybridized carbons (Fsp3) is 0.455. The molecule has 2 aliphatic rings. The highest BCUT2D eigenvalue weighted by molar-refractivity contribution is 5.97. The summed E-state index contributed by atoms with van der Waals surface area (Å²) in [6.07, 6.45) is 8.84. The minimum absolute atomic E-state index is 0.000979. The maximum absolute atomic E-state index is 13.5. The molecule has 0 bridgehead atoms. The molecule has 5 nitrogen and oxygen atoms in total. The first-order chi connectivity index (χ1) is 13.9. The van der Waals surface area contributed by atoms with Crippen LogP contribution < -0.4 is 5.32 Å². The summed E-state index contributed by atoms with van der Waals surface area (Å²) in [5.41, 5.74) is 2.12. The molecule has 4 rings (SSSR count). The molecule has 0 radical (unpaired) electrons. The lowest BCUT2D eigenvalue weighted by Gasteiger charge is -2.35. The van der Waals surface area contributed by atoms with Gasteiger partial charge in [0.05, 0.1) is 35.9 Å². The van der Waals surface area contributed by atoms with Crippen LogP contribution in [0.2, 0.25) is 0 Å². The molecule has 0 spiro atoms. The number of hydrogen-bond donors (Lipinski definition) is 1. The molecule has 0 amide bonds. The summed E-state index contributed by atoms with van der Waals surface area (Å²) >= 11 is 0. The van der Waals surface area contributed by atoms with Crippen LogP contribution in [-0.2, 0) is 9.53 Å². The van der Waals surface area contributed by atoms with E-state index in [2.05, 4.69) is 14.9 Å². The van der Waals surface area contributed by atoms with Crippen molar-refractivity contribution in [3.8, 4) is 0 Å². The van der Waals surface area contributed by atoms with E-state index in [1.165, 1.54) is 6.07 Å². The molecule has 154 valence electrons. The van der Waals surface area contributed by atoms with Gasteiger partial charge in [0.2, 0.25) is 0 Å². The fourth-order valence-electron chi connectivity index (χ4n) is 4.43. The number of aromatic nitrogens is 2. The van der Waals surface area contributed by atoms with Crippen LogP contribution in [0.3, 0.4) is 0 Å². The van der Waals surface area contributed by atoms with Crippen LogP contribution in [0.4, 0.5) is 8.78 Å². The molecule has 29 heavy (non-hydrogen) atoms. The Morgan fingerprint density at radius 1 is 1.28 bits per heavy atom. The normalized spacial score (nSPS) is 28.7. The zero-order valence-corrected chi connectivity index (χ0v) is 16.6. The van der Waals surface area contributed by atoms with Gasteiger partial charge in [-0.2, -0.15) is 0 Å². The third-order valence-electron chi connectivity index (χ3n) is 5.98. The number of methoxy groups -OCH3 is 1. The number of nitrogens with one attached hydrogen (secondary N) is 1. The van der Waals surface area contributed by atoms with Gasteiger partial charge in [0, 0.05) is 19.7 Å². The predicted octanol–water partition coefficient (Wildman–Crippen LogP) is 4.01. The van der Waals surface area contributed by atoms with Crippen LogP contribution in [0.1, 0.15) is 49.0 Å². The highest BCUT2D eigenvalue weighted by Gasteiger charge is 2.33. The van der Waals surface area contributed by atoms with Crippen molar-refractivity contribution in [1.29, 1.82) is 0 Å².